The first-order chi connectivity index (χ1) is 13.6. The summed E-state index contributed by atoms with van der Waals surface area (Å²) >= 11 is 5.86. The number of carbonyl (C=O) groups excluding carboxylic acids is 1. The number of benzene rings is 2. The Balaban J connectivity index is 1.44. The van der Waals surface area contributed by atoms with Gasteiger partial charge in [0.05, 0.1) is 26.0 Å². The van der Waals surface area contributed by atoms with Gasteiger partial charge < -0.3 is 20.1 Å². The lowest BCUT2D eigenvalue weighted by molar-refractivity contribution is 0.0941. The monoisotopic (exact) mass is 398 g/mol. The van der Waals surface area contributed by atoms with E-state index < -0.39 is 0 Å². The molecule has 1 aromatic heterocycles. The number of halogens is 1. The van der Waals surface area contributed by atoms with Crippen LogP contribution in [0.5, 0.6) is 11.5 Å². The zero-order valence-electron chi connectivity index (χ0n) is 15.2. The number of carbonyl (C=O) groups is 1. The molecule has 3 aromatic rings. The third kappa shape index (κ3) is 5.59. The molecule has 2 aromatic carbocycles. The van der Waals surface area contributed by atoms with Crippen molar-refractivity contribution < 1.29 is 14.3 Å². The van der Waals surface area contributed by atoms with Crippen LogP contribution in [0.25, 0.3) is 0 Å². The van der Waals surface area contributed by atoms with Crippen LogP contribution in [0.1, 0.15) is 10.5 Å². The summed E-state index contributed by atoms with van der Waals surface area (Å²) < 4.78 is 10.6. The summed E-state index contributed by atoms with van der Waals surface area (Å²) in [7, 11) is 1.61. The van der Waals surface area contributed by atoms with Crippen LogP contribution in [-0.2, 0) is 0 Å². The molecular formula is C20H19ClN4O3. The van der Waals surface area contributed by atoms with Gasteiger partial charge >= 0.3 is 0 Å². The minimum Gasteiger partial charge on any atom is -0.497 e. The zero-order valence-corrected chi connectivity index (χ0v) is 15.9. The molecule has 0 unspecified atom stereocenters. The third-order valence-electron chi connectivity index (χ3n) is 3.72. The van der Waals surface area contributed by atoms with E-state index in [-0.39, 0.29) is 11.6 Å². The third-order valence-corrected chi connectivity index (χ3v) is 3.97. The summed E-state index contributed by atoms with van der Waals surface area (Å²) in [5.74, 6) is 1.67. The van der Waals surface area contributed by atoms with E-state index in [9.17, 15) is 4.79 Å². The molecule has 1 heterocycles. The van der Waals surface area contributed by atoms with Crippen LogP contribution in [0.15, 0.2) is 60.9 Å². The first-order valence-corrected chi connectivity index (χ1v) is 8.91. The summed E-state index contributed by atoms with van der Waals surface area (Å²) in [6, 6.07) is 14.4. The van der Waals surface area contributed by atoms with E-state index in [0.717, 1.165) is 11.4 Å². The molecule has 1 amide bonds. The van der Waals surface area contributed by atoms with E-state index in [1.54, 1.807) is 31.4 Å². The standard InChI is InChI=1S/C20H19ClN4O3/c1-27-16-6-8-17(9-7-16)28-11-10-22-20(26)18-12-24-19(13-23-18)25-15-4-2-14(21)3-5-15/h2-9,12-13H,10-11H2,1H3,(H,22,26)(H,24,25). The van der Waals surface area contributed by atoms with E-state index in [1.165, 1.54) is 12.4 Å². The summed E-state index contributed by atoms with van der Waals surface area (Å²) in [4.78, 5) is 20.5. The SMILES string of the molecule is COc1ccc(OCCNC(=O)c2cnc(Nc3ccc(Cl)cc3)cn2)cc1. The van der Waals surface area contributed by atoms with Crippen molar-refractivity contribution in [2.45, 2.75) is 0 Å². The molecule has 0 saturated heterocycles. The van der Waals surface area contributed by atoms with Gasteiger partial charge in [0.25, 0.3) is 5.91 Å². The highest BCUT2D eigenvalue weighted by Gasteiger charge is 2.08. The number of methoxy groups -OCH3 is 1. The van der Waals surface area contributed by atoms with Gasteiger partial charge in [0.15, 0.2) is 0 Å². The van der Waals surface area contributed by atoms with Crippen LogP contribution in [-0.4, -0.2) is 36.1 Å². The number of rotatable bonds is 8. The number of nitrogens with zero attached hydrogens (tertiary/aromatic N) is 2. The average molecular weight is 399 g/mol. The van der Waals surface area contributed by atoms with Crippen molar-refractivity contribution in [1.82, 2.24) is 15.3 Å². The number of ether oxygens (including phenoxy) is 2. The highest BCUT2D eigenvalue weighted by molar-refractivity contribution is 6.30. The van der Waals surface area contributed by atoms with Crippen LogP contribution in [0, 0.1) is 0 Å². The molecule has 0 aliphatic carbocycles. The van der Waals surface area contributed by atoms with Crippen LogP contribution in [0.4, 0.5) is 11.5 Å². The number of aromatic nitrogens is 2. The van der Waals surface area contributed by atoms with Crippen molar-refractivity contribution in [3.8, 4) is 11.5 Å². The predicted molar refractivity (Wildman–Crippen MR) is 108 cm³/mol. The largest absolute Gasteiger partial charge is 0.497 e. The number of nitrogens with one attached hydrogen (secondary N) is 2. The molecule has 0 aliphatic heterocycles. The topological polar surface area (TPSA) is 85.4 Å². The fraction of sp³-hybridized carbons (Fsp3) is 0.150. The fourth-order valence-electron chi connectivity index (χ4n) is 2.29. The van der Waals surface area contributed by atoms with Crippen molar-refractivity contribution in [3.05, 3.63) is 71.6 Å². The lowest BCUT2D eigenvalue weighted by atomic mass is 10.3. The predicted octanol–water partition coefficient (Wildman–Crippen LogP) is 3.69. The maximum Gasteiger partial charge on any atom is 0.271 e. The number of hydrogen-bond donors (Lipinski definition) is 2. The quantitative estimate of drug-likeness (QED) is 0.563. The molecule has 0 radical (unpaired) electrons. The van der Waals surface area contributed by atoms with Crippen molar-refractivity contribution in [2.24, 2.45) is 0 Å². The maximum atomic E-state index is 12.1. The molecule has 0 fully saturated rings. The fourth-order valence-corrected chi connectivity index (χ4v) is 2.41. The number of hydrogen-bond acceptors (Lipinski definition) is 6. The van der Waals surface area contributed by atoms with Crippen molar-refractivity contribution in [3.63, 3.8) is 0 Å². The molecule has 0 spiro atoms. The van der Waals surface area contributed by atoms with Gasteiger partial charge in [0.1, 0.15) is 29.6 Å². The molecule has 0 bridgehead atoms. The minimum absolute atomic E-state index is 0.228. The summed E-state index contributed by atoms with van der Waals surface area (Å²) in [6.45, 7) is 0.680. The Bertz CT molecular complexity index is 900. The molecule has 8 heteroatoms. The first kappa shape index (κ1) is 19.4. The van der Waals surface area contributed by atoms with Crippen molar-refractivity contribution >= 4 is 29.0 Å². The Morgan fingerprint density at radius 1 is 1.00 bits per heavy atom. The van der Waals surface area contributed by atoms with Gasteiger partial charge in [-0.25, -0.2) is 9.97 Å². The maximum absolute atomic E-state index is 12.1. The van der Waals surface area contributed by atoms with E-state index >= 15 is 0 Å². The van der Waals surface area contributed by atoms with Crippen molar-refractivity contribution in [1.29, 1.82) is 0 Å². The molecule has 28 heavy (non-hydrogen) atoms. The lowest BCUT2D eigenvalue weighted by Gasteiger charge is -2.09. The second-order valence-electron chi connectivity index (χ2n) is 5.70. The molecule has 0 aliphatic rings. The van der Waals surface area contributed by atoms with Crippen LogP contribution < -0.4 is 20.1 Å². The lowest BCUT2D eigenvalue weighted by Crippen LogP contribution is -2.28. The minimum atomic E-state index is -0.316. The van der Waals surface area contributed by atoms with Crippen LogP contribution in [0.2, 0.25) is 5.02 Å². The van der Waals surface area contributed by atoms with Gasteiger partial charge in [0, 0.05) is 10.7 Å². The highest BCUT2D eigenvalue weighted by Crippen LogP contribution is 2.17. The Morgan fingerprint density at radius 2 is 1.71 bits per heavy atom. The van der Waals surface area contributed by atoms with Gasteiger partial charge in [-0.05, 0) is 48.5 Å². The van der Waals surface area contributed by atoms with E-state index in [0.29, 0.717) is 29.7 Å². The Kier molecular flexibility index (Phi) is 6.64. The van der Waals surface area contributed by atoms with Gasteiger partial charge in [-0.3, -0.25) is 4.79 Å². The summed E-state index contributed by atoms with van der Waals surface area (Å²) in [5, 5.41) is 6.48. The van der Waals surface area contributed by atoms with E-state index in [4.69, 9.17) is 21.1 Å². The second-order valence-corrected chi connectivity index (χ2v) is 6.14. The highest BCUT2D eigenvalue weighted by atomic mass is 35.5. The van der Waals surface area contributed by atoms with Crippen LogP contribution in [0.3, 0.4) is 0 Å². The molecule has 2 N–H and O–H groups in total. The molecule has 144 valence electrons. The molecular weight excluding hydrogens is 380 g/mol. The molecule has 7 nitrogen and oxygen atoms in total. The van der Waals surface area contributed by atoms with Gasteiger partial charge in [-0.2, -0.15) is 0 Å². The van der Waals surface area contributed by atoms with Gasteiger partial charge in [-0.15, -0.1) is 0 Å². The van der Waals surface area contributed by atoms with E-state index in [2.05, 4.69) is 20.6 Å². The van der Waals surface area contributed by atoms with Gasteiger partial charge in [-0.1, -0.05) is 11.6 Å². The van der Waals surface area contributed by atoms with E-state index in [1.807, 2.05) is 24.3 Å². The Labute approximate surface area is 167 Å². The second kappa shape index (κ2) is 9.57. The normalized spacial score (nSPS) is 10.2. The van der Waals surface area contributed by atoms with Gasteiger partial charge in [0.2, 0.25) is 0 Å². The van der Waals surface area contributed by atoms with Crippen LogP contribution >= 0.6 is 11.6 Å². The average Bonchev–Trinajstić information content (AvgIpc) is 2.73. The Hall–Kier alpha value is -3.32. The summed E-state index contributed by atoms with van der Waals surface area (Å²) in [5.41, 5.74) is 1.05. The smallest absolute Gasteiger partial charge is 0.271 e. The molecule has 0 atom stereocenters. The number of anilines is 2. The zero-order chi connectivity index (χ0) is 19.8. The van der Waals surface area contributed by atoms with Crippen molar-refractivity contribution in [2.75, 3.05) is 25.6 Å². The number of amides is 1. The Morgan fingerprint density at radius 3 is 2.36 bits per heavy atom. The summed E-state index contributed by atoms with van der Waals surface area (Å²) in [6.07, 6.45) is 2.91. The molecule has 3 rings (SSSR count). The molecule has 0 saturated carbocycles. The first-order valence-electron chi connectivity index (χ1n) is 8.54.